The summed E-state index contributed by atoms with van der Waals surface area (Å²) in [7, 11) is 4.06. The molecule has 6 nitrogen and oxygen atoms in total. The van der Waals surface area contributed by atoms with E-state index in [2.05, 4.69) is 20.9 Å². The number of fused-ring (bicyclic) bond motifs is 1. The monoisotopic (exact) mass is 384 g/mol. The van der Waals surface area contributed by atoms with Crippen LogP contribution in [-0.2, 0) is 6.54 Å². The fourth-order valence-corrected chi connectivity index (χ4v) is 4.61. The van der Waals surface area contributed by atoms with Crippen molar-refractivity contribution in [3.63, 3.8) is 0 Å². The fraction of sp³-hybridized carbons (Fsp3) is 0.591. The highest BCUT2D eigenvalue weighted by Gasteiger charge is 2.29. The maximum absolute atomic E-state index is 12.8. The maximum Gasteiger partial charge on any atom is 0.415 e. The van der Waals surface area contributed by atoms with E-state index in [0.29, 0.717) is 11.8 Å². The number of likely N-dealkylation sites (tertiary alicyclic amines) is 2. The van der Waals surface area contributed by atoms with Gasteiger partial charge in [-0.1, -0.05) is 6.42 Å². The van der Waals surface area contributed by atoms with Crippen LogP contribution in [0.2, 0.25) is 0 Å². The SMILES string of the molecule is CN(C)Cc1c(OC(=O)N2CCC(N3CCCCC3)CC2)ccc2[nH]ccc12. The van der Waals surface area contributed by atoms with E-state index in [0.717, 1.165) is 48.9 Å². The van der Waals surface area contributed by atoms with E-state index in [9.17, 15) is 4.79 Å². The Kier molecular flexibility index (Phi) is 5.87. The van der Waals surface area contributed by atoms with Crippen molar-refractivity contribution in [2.24, 2.45) is 0 Å². The molecule has 1 amide bonds. The number of amides is 1. The van der Waals surface area contributed by atoms with Crippen LogP contribution in [0.3, 0.4) is 0 Å². The second kappa shape index (κ2) is 8.53. The van der Waals surface area contributed by atoms with Crippen LogP contribution in [-0.4, -0.2) is 72.1 Å². The second-order valence-corrected chi connectivity index (χ2v) is 8.40. The molecule has 3 heterocycles. The van der Waals surface area contributed by atoms with Gasteiger partial charge in [0.1, 0.15) is 5.75 Å². The van der Waals surface area contributed by atoms with Crippen molar-refractivity contribution in [3.05, 3.63) is 30.0 Å². The predicted octanol–water partition coefficient (Wildman–Crippen LogP) is 3.68. The van der Waals surface area contributed by atoms with Crippen molar-refractivity contribution >= 4 is 17.0 Å². The number of piperidine rings is 2. The average Bonchev–Trinajstić information content (AvgIpc) is 3.19. The highest BCUT2D eigenvalue weighted by atomic mass is 16.6. The number of H-pyrrole nitrogens is 1. The molecule has 0 atom stereocenters. The van der Waals surface area contributed by atoms with Gasteiger partial charge in [-0.2, -0.15) is 0 Å². The van der Waals surface area contributed by atoms with E-state index in [1.807, 2.05) is 37.3 Å². The zero-order chi connectivity index (χ0) is 19.5. The number of nitrogens with one attached hydrogen (secondary N) is 1. The Balaban J connectivity index is 1.41. The van der Waals surface area contributed by atoms with Gasteiger partial charge in [0.25, 0.3) is 0 Å². The summed E-state index contributed by atoms with van der Waals surface area (Å²) in [5, 5.41) is 1.11. The van der Waals surface area contributed by atoms with Crippen LogP contribution in [0.5, 0.6) is 5.75 Å². The molecule has 1 aromatic carbocycles. The van der Waals surface area contributed by atoms with E-state index >= 15 is 0 Å². The number of nitrogens with zero attached hydrogens (tertiary/aromatic N) is 3. The summed E-state index contributed by atoms with van der Waals surface area (Å²) in [5.41, 5.74) is 2.12. The zero-order valence-electron chi connectivity index (χ0n) is 17.1. The lowest BCUT2D eigenvalue weighted by Crippen LogP contribution is -2.48. The number of aromatic amines is 1. The predicted molar refractivity (Wildman–Crippen MR) is 112 cm³/mol. The normalized spacial score (nSPS) is 19.5. The summed E-state index contributed by atoms with van der Waals surface area (Å²) in [6, 6.07) is 6.58. The molecule has 0 spiro atoms. The summed E-state index contributed by atoms with van der Waals surface area (Å²) >= 11 is 0. The van der Waals surface area contributed by atoms with E-state index in [1.54, 1.807) is 0 Å². The largest absolute Gasteiger partial charge is 0.415 e. The van der Waals surface area contributed by atoms with Crippen LogP contribution in [0.15, 0.2) is 24.4 Å². The van der Waals surface area contributed by atoms with Crippen LogP contribution in [0.1, 0.15) is 37.7 Å². The molecule has 6 heteroatoms. The molecule has 2 aliphatic heterocycles. The van der Waals surface area contributed by atoms with Crippen molar-refractivity contribution in [3.8, 4) is 5.75 Å². The number of benzene rings is 1. The summed E-state index contributed by atoms with van der Waals surface area (Å²) < 4.78 is 5.88. The minimum atomic E-state index is -0.216. The van der Waals surface area contributed by atoms with Gasteiger partial charge < -0.3 is 24.4 Å². The van der Waals surface area contributed by atoms with Gasteiger partial charge in [-0.05, 0) is 71.1 Å². The lowest BCUT2D eigenvalue weighted by Gasteiger charge is -2.39. The Bertz CT molecular complexity index is 802. The number of carbonyl (C=O) groups is 1. The van der Waals surface area contributed by atoms with E-state index in [4.69, 9.17) is 4.74 Å². The van der Waals surface area contributed by atoms with Crippen LogP contribution >= 0.6 is 0 Å². The molecule has 152 valence electrons. The second-order valence-electron chi connectivity index (χ2n) is 8.40. The minimum absolute atomic E-state index is 0.216. The highest BCUT2D eigenvalue weighted by Crippen LogP contribution is 2.29. The number of hydrogen-bond donors (Lipinski definition) is 1. The van der Waals surface area contributed by atoms with Crippen LogP contribution in [0.25, 0.3) is 10.9 Å². The molecule has 4 rings (SSSR count). The van der Waals surface area contributed by atoms with Gasteiger partial charge in [-0.25, -0.2) is 4.79 Å². The van der Waals surface area contributed by atoms with Gasteiger partial charge in [-0.15, -0.1) is 0 Å². The molecule has 2 aliphatic rings. The molecular formula is C22H32N4O2. The average molecular weight is 385 g/mol. The Morgan fingerprint density at radius 3 is 2.57 bits per heavy atom. The first-order chi connectivity index (χ1) is 13.6. The summed E-state index contributed by atoms with van der Waals surface area (Å²) in [5.74, 6) is 0.670. The van der Waals surface area contributed by atoms with Crippen molar-refractivity contribution in [2.75, 3.05) is 40.3 Å². The summed E-state index contributed by atoms with van der Waals surface area (Å²) in [6.45, 7) is 4.75. The molecule has 1 N–H and O–H groups in total. The molecule has 0 radical (unpaired) electrons. The van der Waals surface area contributed by atoms with Crippen LogP contribution in [0.4, 0.5) is 4.79 Å². The van der Waals surface area contributed by atoms with E-state index < -0.39 is 0 Å². The van der Waals surface area contributed by atoms with Crippen LogP contribution < -0.4 is 4.74 Å². The Hall–Kier alpha value is -2.05. The van der Waals surface area contributed by atoms with Crippen molar-refractivity contribution in [1.82, 2.24) is 19.7 Å². The molecule has 0 aliphatic carbocycles. The minimum Gasteiger partial charge on any atom is -0.410 e. The Morgan fingerprint density at radius 1 is 1.11 bits per heavy atom. The Morgan fingerprint density at radius 2 is 1.86 bits per heavy atom. The van der Waals surface area contributed by atoms with Gasteiger partial charge in [0, 0.05) is 48.3 Å². The third kappa shape index (κ3) is 4.18. The number of aromatic nitrogens is 1. The first kappa shape index (κ1) is 19.3. The van der Waals surface area contributed by atoms with Crippen molar-refractivity contribution in [1.29, 1.82) is 0 Å². The molecule has 28 heavy (non-hydrogen) atoms. The third-order valence-corrected chi connectivity index (χ3v) is 6.10. The number of hydrogen-bond acceptors (Lipinski definition) is 4. The van der Waals surface area contributed by atoms with Crippen molar-refractivity contribution in [2.45, 2.75) is 44.7 Å². The molecule has 0 bridgehead atoms. The Labute approximate surface area is 167 Å². The maximum atomic E-state index is 12.8. The van der Waals surface area contributed by atoms with Gasteiger partial charge in [0.05, 0.1) is 0 Å². The quantitative estimate of drug-likeness (QED) is 0.874. The summed E-state index contributed by atoms with van der Waals surface area (Å²) in [6.07, 6.45) is 7.82. The van der Waals surface area contributed by atoms with E-state index in [-0.39, 0.29) is 6.09 Å². The number of ether oxygens (including phenoxy) is 1. The number of carbonyl (C=O) groups excluding carboxylic acids is 1. The molecule has 2 saturated heterocycles. The summed E-state index contributed by atoms with van der Waals surface area (Å²) in [4.78, 5) is 22.7. The first-order valence-corrected chi connectivity index (χ1v) is 10.6. The smallest absolute Gasteiger partial charge is 0.410 e. The lowest BCUT2D eigenvalue weighted by molar-refractivity contribution is 0.0876. The number of rotatable bonds is 4. The van der Waals surface area contributed by atoms with Gasteiger partial charge in [-0.3, -0.25) is 0 Å². The molecule has 1 aromatic heterocycles. The molecule has 0 saturated carbocycles. The third-order valence-electron chi connectivity index (χ3n) is 6.10. The highest BCUT2D eigenvalue weighted by molar-refractivity contribution is 5.86. The van der Waals surface area contributed by atoms with Crippen molar-refractivity contribution < 1.29 is 9.53 Å². The van der Waals surface area contributed by atoms with Crippen LogP contribution in [0, 0.1) is 0 Å². The molecule has 2 fully saturated rings. The lowest BCUT2D eigenvalue weighted by atomic mass is 10.0. The van der Waals surface area contributed by atoms with Gasteiger partial charge in [0.15, 0.2) is 0 Å². The van der Waals surface area contributed by atoms with E-state index in [1.165, 1.54) is 32.4 Å². The molecular weight excluding hydrogens is 352 g/mol. The first-order valence-electron chi connectivity index (χ1n) is 10.6. The molecule has 2 aromatic rings. The topological polar surface area (TPSA) is 51.8 Å². The standard InChI is InChI=1S/C22H32N4O2/c1-24(2)16-19-18-8-11-23-20(18)6-7-21(19)28-22(27)26-14-9-17(10-15-26)25-12-4-3-5-13-25/h6-8,11,17,23H,3-5,9-10,12-16H2,1-2H3. The van der Waals surface area contributed by atoms with Gasteiger partial charge >= 0.3 is 6.09 Å². The zero-order valence-corrected chi connectivity index (χ0v) is 17.1. The van der Waals surface area contributed by atoms with Gasteiger partial charge in [0.2, 0.25) is 0 Å². The molecule has 0 unspecified atom stereocenters. The fourth-order valence-electron chi connectivity index (χ4n) is 4.61.